The summed E-state index contributed by atoms with van der Waals surface area (Å²) in [5, 5.41) is 16.1. The maximum Gasteiger partial charge on any atom is 0.283 e. The number of aliphatic imine (C=N–C) groups is 1. The fraction of sp³-hybridized carbons (Fsp3) is 0.0741. The Kier molecular flexibility index (Phi) is 6.58. The van der Waals surface area contributed by atoms with Crippen LogP contribution in [-0.2, 0) is 4.79 Å². The SMILES string of the molecule is Cc1cc(C)cc(N=C2NC(=O)/C(=C/c3ccc(Sc4cccc5cccnc45)c([N+](=O)[O-])c3)S2)c1. The highest BCUT2D eigenvalue weighted by Crippen LogP contribution is 2.39. The molecule has 0 radical (unpaired) electrons. The van der Waals surface area contributed by atoms with Crippen molar-refractivity contribution in [2.24, 2.45) is 4.99 Å². The number of hydrogen-bond donors (Lipinski definition) is 1. The van der Waals surface area contributed by atoms with Gasteiger partial charge in [-0.1, -0.05) is 42.1 Å². The van der Waals surface area contributed by atoms with Gasteiger partial charge >= 0.3 is 0 Å². The van der Waals surface area contributed by atoms with Gasteiger partial charge in [-0.2, -0.15) is 0 Å². The van der Waals surface area contributed by atoms with Crippen LogP contribution >= 0.6 is 23.5 Å². The van der Waals surface area contributed by atoms with Crippen molar-refractivity contribution in [1.82, 2.24) is 10.3 Å². The number of nitrogens with zero attached hydrogens (tertiary/aromatic N) is 3. The zero-order valence-corrected chi connectivity index (χ0v) is 21.0. The van der Waals surface area contributed by atoms with Crippen molar-refractivity contribution in [3.05, 3.63) is 105 Å². The minimum Gasteiger partial charge on any atom is -0.300 e. The summed E-state index contributed by atoms with van der Waals surface area (Å²) < 4.78 is 0. The van der Waals surface area contributed by atoms with Crippen LogP contribution in [0.4, 0.5) is 11.4 Å². The summed E-state index contributed by atoms with van der Waals surface area (Å²) in [5.74, 6) is -0.286. The molecule has 7 nitrogen and oxygen atoms in total. The number of carbonyl (C=O) groups excluding carboxylic acids is 1. The number of amides is 1. The molecule has 1 amide bonds. The molecule has 36 heavy (non-hydrogen) atoms. The molecular weight excluding hydrogens is 492 g/mol. The monoisotopic (exact) mass is 512 g/mol. The van der Waals surface area contributed by atoms with Crippen LogP contribution in [0.1, 0.15) is 16.7 Å². The Labute approximate surface area is 215 Å². The van der Waals surface area contributed by atoms with E-state index in [-0.39, 0.29) is 11.6 Å². The van der Waals surface area contributed by atoms with E-state index in [9.17, 15) is 14.9 Å². The van der Waals surface area contributed by atoms with Gasteiger partial charge in [0.25, 0.3) is 11.6 Å². The Morgan fingerprint density at radius 1 is 1.03 bits per heavy atom. The van der Waals surface area contributed by atoms with Crippen LogP contribution in [0, 0.1) is 24.0 Å². The molecule has 9 heteroatoms. The smallest absolute Gasteiger partial charge is 0.283 e. The van der Waals surface area contributed by atoms with E-state index in [1.54, 1.807) is 24.4 Å². The molecule has 1 aromatic heterocycles. The Morgan fingerprint density at radius 2 is 1.81 bits per heavy atom. The third-order valence-electron chi connectivity index (χ3n) is 5.38. The summed E-state index contributed by atoms with van der Waals surface area (Å²) >= 11 is 2.51. The summed E-state index contributed by atoms with van der Waals surface area (Å²) in [6.07, 6.45) is 3.35. The second-order valence-corrected chi connectivity index (χ2v) is 10.4. The largest absolute Gasteiger partial charge is 0.300 e. The van der Waals surface area contributed by atoms with Crippen LogP contribution in [0.5, 0.6) is 0 Å². The molecule has 0 bridgehead atoms. The van der Waals surface area contributed by atoms with Crippen molar-refractivity contribution in [2.45, 2.75) is 23.6 Å². The van der Waals surface area contributed by atoms with Crippen LogP contribution in [0.2, 0.25) is 0 Å². The quantitative estimate of drug-likeness (QED) is 0.179. The van der Waals surface area contributed by atoms with Crippen LogP contribution in [0.15, 0.2) is 92.6 Å². The number of amidine groups is 1. The highest BCUT2D eigenvalue weighted by molar-refractivity contribution is 8.18. The van der Waals surface area contributed by atoms with Gasteiger partial charge in [-0.3, -0.25) is 19.9 Å². The third kappa shape index (κ3) is 5.17. The van der Waals surface area contributed by atoms with E-state index in [1.165, 1.54) is 29.6 Å². The minimum absolute atomic E-state index is 0.0326. The van der Waals surface area contributed by atoms with Crippen molar-refractivity contribution < 1.29 is 9.72 Å². The molecule has 0 atom stereocenters. The molecule has 1 N–H and O–H groups in total. The van der Waals surface area contributed by atoms with Gasteiger partial charge in [-0.25, -0.2) is 4.99 Å². The number of nitro groups is 1. The number of nitrogens with one attached hydrogen (secondary N) is 1. The average molecular weight is 513 g/mol. The first-order valence-electron chi connectivity index (χ1n) is 11.0. The van der Waals surface area contributed by atoms with E-state index in [2.05, 4.69) is 21.4 Å². The van der Waals surface area contributed by atoms with Crippen LogP contribution in [0.25, 0.3) is 17.0 Å². The number of para-hydroxylation sites is 1. The van der Waals surface area contributed by atoms with Gasteiger partial charge in [-0.15, -0.1) is 0 Å². The lowest BCUT2D eigenvalue weighted by Crippen LogP contribution is -2.19. The Hall–Kier alpha value is -3.95. The fourth-order valence-electron chi connectivity index (χ4n) is 3.89. The number of thioether (sulfide) groups is 1. The summed E-state index contributed by atoms with van der Waals surface area (Å²) in [7, 11) is 0. The molecule has 1 saturated heterocycles. The number of rotatable bonds is 5. The standard InChI is InChI=1S/C27H20N4O3S2/c1-16-11-17(2)13-20(12-16)29-27-30-26(32)24(36-27)15-18-8-9-22(21(14-18)31(33)34)35-23-7-3-5-19-6-4-10-28-25(19)23/h3-15H,1-2H3,(H,29,30,32)/b24-15-. The molecule has 1 fully saturated rings. The van der Waals surface area contributed by atoms with Crippen molar-refractivity contribution in [2.75, 3.05) is 0 Å². The van der Waals surface area contributed by atoms with Gasteiger partial charge in [0.1, 0.15) is 0 Å². The normalized spacial score (nSPS) is 15.6. The molecule has 178 valence electrons. The number of nitro benzene ring substituents is 1. The van der Waals surface area contributed by atoms with E-state index < -0.39 is 4.92 Å². The molecular formula is C27H20N4O3S2. The lowest BCUT2D eigenvalue weighted by atomic mass is 10.1. The van der Waals surface area contributed by atoms with E-state index in [1.807, 2.05) is 56.3 Å². The van der Waals surface area contributed by atoms with Crippen LogP contribution in [0.3, 0.4) is 0 Å². The first-order valence-corrected chi connectivity index (χ1v) is 12.7. The minimum atomic E-state index is -0.405. The molecule has 0 unspecified atom stereocenters. The zero-order chi connectivity index (χ0) is 25.2. The van der Waals surface area contributed by atoms with Crippen molar-refractivity contribution in [1.29, 1.82) is 0 Å². The fourth-order valence-corrected chi connectivity index (χ4v) is 5.76. The highest BCUT2D eigenvalue weighted by Gasteiger charge is 2.25. The second kappa shape index (κ2) is 9.96. The first kappa shape index (κ1) is 23.8. The summed E-state index contributed by atoms with van der Waals surface area (Å²) in [6.45, 7) is 3.99. The van der Waals surface area contributed by atoms with Crippen molar-refractivity contribution in [3.63, 3.8) is 0 Å². The maximum absolute atomic E-state index is 12.5. The molecule has 4 aromatic rings. The summed E-state index contributed by atoms with van der Waals surface area (Å²) in [6, 6.07) is 20.5. The number of aryl methyl sites for hydroxylation is 2. The highest BCUT2D eigenvalue weighted by atomic mass is 32.2. The topological polar surface area (TPSA) is 97.5 Å². The van der Waals surface area contributed by atoms with Gasteiger partial charge < -0.3 is 5.32 Å². The predicted molar refractivity (Wildman–Crippen MR) is 146 cm³/mol. The molecule has 0 saturated carbocycles. The molecule has 0 spiro atoms. The number of carbonyl (C=O) groups is 1. The molecule has 2 heterocycles. The van der Waals surface area contributed by atoms with E-state index in [0.717, 1.165) is 32.6 Å². The summed E-state index contributed by atoms with van der Waals surface area (Å²) in [4.78, 5) is 34.8. The number of benzene rings is 3. The molecule has 3 aromatic carbocycles. The van der Waals surface area contributed by atoms with Gasteiger partial charge in [-0.05, 0) is 78.7 Å². The lowest BCUT2D eigenvalue weighted by Gasteiger charge is -2.07. The summed E-state index contributed by atoms with van der Waals surface area (Å²) in [5.41, 5.74) is 4.26. The number of pyridine rings is 1. The van der Waals surface area contributed by atoms with Crippen molar-refractivity contribution in [3.8, 4) is 0 Å². The third-order valence-corrected chi connectivity index (χ3v) is 7.41. The predicted octanol–water partition coefficient (Wildman–Crippen LogP) is 6.80. The molecule has 1 aliphatic rings. The van der Waals surface area contributed by atoms with Gasteiger partial charge in [0.05, 0.1) is 25.9 Å². The molecule has 1 aliphatic heterocycles. The van der Waals surface area contributed by atoms with E-state index in [4.69, 9.17) is 0 Å². The Morgan fingerprint density at radius 3 is 2.58 bits per heavy atom. The average Bonchev–Trinajstić information content (AvgIpc) is 3.17. The van der Waals surface area contributed by atoms with Gasteiger partial charge in [0, 0.05) is 22.5 Å². The Balaban J connectivity index is 1.43. The first-order chi connectivity index (χ1) is 17.4. The van der Waals surface area contributed by atoms with E-state index in [0.29, 0.717) is 20.5 Å². The maximum atomic E-state index is 12.5. The van der Waals surface area contributed by atoms with Crippen LogP contribution < -0.4 is 5.32 Å². The van der Waals surface area contributed by atoms with Crippen LogP contribution in [-0.4, -0.2) is 21.0 Å². The molecule has 0 aliphatic carbocycles. The number of fused-ring (bicyclic) bond motifs is 1. The van der Waals surface area contributed by atoms with Gasteiger partial charge in [0.15, 0.2) is 5.17 Å². The number of aromatic nitrogens is 1. The van der Waals surface area contributed by atoms with E-state index >= 15 is 0 Å². The van der Waals surface area contributed by atoms with Crippen molar-refractivity contribution >= 4 is 63.0 Å². The Bertz CT molecular complexity index is 1570. The second-order valence-electron chi connectivity index (χ2n) is 8.25. The molecule has 5 rings (SSSR count). The zero-order valence-electron chi connectivity index (χ0n) is 19.4. The lowest BCUT2D eigenvalue weighted by molar-refractivity contribution is -0.387. The number of hydrogen-bond acceptors (Lipinski definition) is 7. The van der Waals surface area contributed by atoms with Gasteiger partial charge in [0.2, 0.25) is 0 Å².